The van der Waals surface area contributed by atoms with Gasteiger partial charge in [0.25, 0.3) is 0 Å². The van der Waals surface area contributed by atoms with Crippen molar-refractivity contribution in [2.45, 2.75) is 44.2 Å². The molecular weight excluding hydrogens is 539 g/mol. The molecule has 0 radical (unpaired) electrons. The molecule has 4 aromatic rings. The minimum Gasteiger partial charge on any atom is -0.480 e. The number of hydrogen-bond acceptors (Lipinski definition) is 4. The number of nitrogens with one attached hydrogen (secondary N) is 1. The highest BCUT2D eigenvalue weighted by molar-refractivity contribution is 7.12. The number of carbonyl (C=O) groups is 3. The molecule has 4 atom stereocenters. The highest BCUT2D eigenvalue weighted by atomic mass is 32.1. The molecule has 2 N–H and O–H groups in total. The Hall–Kier alpha value is -4.30. The molecule has 8 heteroatoms. The molecule has 0 bridgehead atoms. The monoisotopic (exact) mass is 570 g/mol. The highest BCUT2D eigenvalue weighted by Gasteiger charge is 2.58. The Morgan fingerprint density at radius 2 is 1.49 bits per heavy atom. The summed E-state index contributed by atoms with van der Waals surface area (Å²) in [6.07, 6.45) is 0. The van der Waals surface area contributed by atoms with Crippen LogP contribution in [0.15, 0.2) is 96.4 Å². The molecule has 0 spiro atoms. The molecule has 1 aromatic heterocycles. The van der Waals surface area contributed by atoms with Crippen LogP contribution < -0.4 is 5.32 Å². The fraction of sp³-hybridized carbons (Fsp3) is 0.242. The molecule has 2 heterocycles. The molecule has 0 aliphatic carbocycles. The molecule has 6 nitrogen and oxygen atoms in total. The van der Waals surface area contributed by atoms with E-state index in [2.05, 4.69) is 26.1 Å². The number of thiophene rings is 1. The number of para-hydroxylation sites is 1. The summed E-state index contributed by atoms with van der Waals surface area (Å²) < 4.78 is 14.0. The van der Waals surface area contributed by atoms with Gasteiger partial charge in [0, 0.05) is 11.6 Å². The van der Waals surface area contributed by atoms with E-state index in [0.29, 0.717) is 21.7 Å². The lowest BCUT2D eigenvalue weighted by Crippen LogP contribution is -2.45. The first-order valence-electron chi connectivity index (χ1n) is 13.4. The van der Waals surface area contributed by atoms with Crippen LogP contribution in [0.3, 0.4) is 0 Å². The van der Waals surface area contributed by atoms with E-state index in [1.54, 1.807) is 47.8 Å². The zero-order valence-electron chi connectivity index (χ0n) is 23.0. The van der Waals surface area contributed by atoms with E-state index in [4.69, 9.17) is 0 Å². The van der Waals surface area contributed by atoms with E-state index in [9.17, 15) is 23.9 Å². The van der Waals surface area contributed by atoms with Crippen molar-refractivity contribution in [1.29, 1.82) is 0 Å². The van der Waals surface area contributed by atoms with E-state index in [1.165, 1.54) is 40.5 Å². The number of carboxylic acid groups (broad SMARTS) is 1. The smallest absolute Gasteiger partial charge is 0.327 e. The minimum atomic E-state index is -1.37. The predicted octanol–water partition coefficient (Wildman–Crippen LogP) is 7.51. The molecule has 1 saturated heterocycles. The first-order valence-corrected chi connectivity index (χ1v) is 14.2. The number of ketones is 1. The Morgan fingerprint density at radius 1 is 0.854 bits per heavy atom. The Labute approximate surface area is 242 Å². The number of carboxylic acids is 1. The number of likely N-dealkylation sites (tertiary alicyclic amines) is 1. The number of aliphatic carboxylic acids is 1. The summed E-state index contributed by atoms with van der Waals surface area (Å²) in [7, 11) is 0. The molecule has 2 amide bonds. The minimum absolute atomic E-state index is 0.134. The van der Waals surface area contributed by atoms with Crippen LogP contribution in [0.5, 0.6) is 0 Å². The molecule has 1 aliphatic rings. The third kappa shape index (κ3) is 5.65. The van der Waals surface area contributed by atoms with Crippen molar-refractivity contribution in [3.05, 3.63) is 124 Å². The molecule has 1 fully saturated rings. The SMILES string of the molecule is CC(C)(C)c1ccc(C2C(C(=O)c3cccs3)C(c3ccc(F)cc3)N(C(=O)Nc3ccccc3)C2C(=O)O)cc1. The van der Waals surface area contributed by atoms with Gasteiger partial charge in [0.05, 0.1) is 16.8 Å². The van der Waals surface area contributed by atoms with Gasteiger partial charge in [-0.05, 0) is 57.8 Å². The fourth-order valence-electron chi connectivity index (χ4n) is 5.66. The van der Waals surface area contributed by atoms with Crippen LogP contribution in [0.2, 0.25) is 0 Å². The van der Waals surface area contributed by atoms with Crippen molar-refractivity contribution in [2.24, 2.45) is 5.92 Å². The Balaban J connectivity index is 1.71. The van der Waals surface area contributed by atoms with Gasteiger partial charge in [-0.3, -0.25) is 4.79 Å². The van der Waals surface area contributed by atoms with E-state index >= 15 is 0 Å². The zero-order valence-corrected chi connectivity index (χ0v) is 23.8. The van der Waals surface area contributed by atoms with Crippen molar-refractivity contribution in [3.8, 4) is 0 Å². The summed E-state index contributed by atoms with van der Waals surface area (Å²) in [5, 5.41) is 15.3. The summed E-state index contributed by atoms with van der Waals surface area (Å²) in [6, 6.07) is 22.4. The van der Waals surface area contributed by atoms with Crippen LogP contribution in [0, 0.1) is 11.7 Å². The van der Waals surface area contributed by atoms with Crippen molar-refractivity contribution in [2.75, 3.05) is 5.32 Å². The lowest BCUT2D eigenvalue weighted by molar-refractivity contribution is -0.142. The maximum Gasteiger partial charge on any atom is 0.327 e. The third-order valence-corrected chi connectivity index (χ3v) is 8.50. The van der Waals surface area contributed by atoms with Crippen molar-refractivity contribution < 1.29 is 23.9 Å². The van der Waals surface area contributed by atoms with Crippen LogP contribution >= 0.6 is 11.3 Å². The van der Waals surface area contributed by atoms with Crippen LogP contribution in [0.1, 0.15) is 59.1 Å². The maximum absolute atomic E-state index is 14.2. The summed E-state index contributed by atoms with van der Waals surface area (Å²) >= 11 is 1.27. The molecule has 1 aliphatic heterocycles. The number of urea groups is 1. The molecule has 5 rings (SSSR count). The summed E-state index contributed by atoms with van der Waals surface area (Å²) in [4.78, 5) is 43.0. The number of Topliss-reactive ketones (excluding diaryl/α,β-unsaturated/α-hetero) is 1. The first-order chi connectivity index (χ1) is 19.6. The van der Waals surface area contributed by atoms with Crippen molar-refractivity contribution in [1.82, 2.24) is 4.90 Å². The van der Waals surface area contributed by atoms with Gasteiger partial charge in [0.15, 0.2) is 5.78 Å². The average molecular weight is 571 g/mol. The van der Waals surface area contributed by atoms with Crippen LogP contribution in [-0.2, 0) is 10.2 Å². The van der Waals surface area contributed by atoms with Gasteiger partial charge in [-0.2, -0.15) is 0 Å². The van der Waals surface area contributed by atoms with E-state index in [1.807, 2.05) is 24.3 Å². The second-order valence-corrected chi connectivity index (χ2v) is 12.2. The fourth-order valence-corrected chi connectivity index (χ4v) is 6.37. The number of nitrogens with zero attached hydrogens (tertiary/aromatic N) is 1. The van der Waals surface area contributed by atoms with E-state index < -0.39 is 41.7 Å². The quantitative estimate of drug-likeness (QED) is 0.235. The second kappa shape index (κ2) is 11.3. The Bertz CT molecular complexity index is 1530. The molecule has 0 saturated carbocycles. The number of benzene rings is 3. The number of rotatable bonds is 6. The van der Waals surface area contributed by atoms with Gasteiger partial charge in [0.1, 0.15) is 11.9 Å². The molecule has 3 aromatic carbocycles. The molecule has 4 unspecified atom stereocenters. The van der Waals surface area contributed by atoms with E-state index in [-0.39, 0.29) is 11.2 Å². The summed E-state index contributed by atoms with van der Waals surface area (Å²) in [5.41, 5.74) is 2.52. The summed E-state index contributed by atoms with van der Waals surface area (Å²) in [5.74, 6) is -3.78. The average Bonchev–Trinajstić information content (AvgIpc) is 3.60. The number of amides is 2. The normalized spacial score (nSPS) is 20.5. The third-order valence-electron chi connectivity index (χ3n) is 7.62. The molecule has 41 heavy (non-hydrogen) atoms. The number of hydrogen-bond donors (Lipinski definition) is 2. The van der Waals surface area contributed by atoms with Gasteiger partial charge in [-0.15, -0.1) is 11.3 Å². The van der Waals surface area contributed by atoms with Gasteiger partial charge in [0.2, 0.25) is 0 Å². The van der Waals surface area contributed by atoms with Crippen LogP contribution in [0.4, 0.5) is 14.9 Å². The van der Waals surface area contributed by atoms with Crippen LogP contribution in [-0.4, -0.2) is 33.8 Å². The lowest BCUT2D eigenvalue weighted by Gasteiger charge is -2.30. The van der Waals surface area contributed by atoms with Gasteiger partial charge >= 0.3 is 12.0 Å². The molecular formula is C33H31FN2O4S. The summed E-state index contributed by atoms with van der Waals surface area (Å²) in [6.45, 7) is 6.25. The standard InChI is InChI=1S/C33H31FN2O4S/c1-33(2,3)22-15-11-20(12-16-22)26-27(30(37)25-10-7-19-41-25)28(21-13-17-23(34)18-14-21)36(29(26)31(38)39)32(40)35-24-8-5-4-6-9-24/h4-19,26-29H,1-3H3,(H,35,40)(H,38,39). The largest absolute Gasteiger partial charge is 0.480 e. The van der Waals surface area contributed by atoms with E-state index in [0.717, 1.165) is 5.56 Å². The Kier molecular flexibility index (Phi) is 7.78. The zero-order chi connectivity index (χ0) is 29.3. The highest BCUT2D eigenvalue weighted by Crippen LogP contribution is 2.52. The van der Waals surface area contributed by atoms with Crippen LogP contribution in [0.25, 0.3) is 0 Å². The van der Waals surface area contributed by atoms with Gasteiger partial charge < -0.3 is 15.3 Å². The predicted molar refractivity (Wildman–Crippen MR) is 158 cm³/mol. The second-order valence-electron chi connectivity index (χ2n) is 11.2. The number of anilines is 1. The maximum atomic E-state index is 14.2. The topological polar surface area (TPSA) is 86.7 Å². The first kappa shape index (κ1) is 28.2. The van der Waals surface area contributed by atoms with Crippen molar-refractivity contribution >= 4 is 34.8 Å². The Morgan fingerprint density at radius 3 is 2.05 bits per heavy atom. The van der Waals surface area contributed by atoms with Gasteiger partial charge in [-0.25, -0.2) is 14.0 Å². The lowest BCUT2D eigenvalue weighted by atomic mass is 9.76. The van der Waals surface area contributed by atoms with Gasteiger partial charge in [-0.1, -0.05) is 81.4 Å². The number of halogens is 1. The number of carbonyl (C=O) groups excluding carboxylic acids is 2. The van der Waals surface area contributed by atoms with Crippen molar-refractivity contribution in [3.63, 3.8) is 0 Å². The molecule has 210 valence electrons.